The van der Waals surface area contributed by atoms with Crippen LogP contribution in [-0.2, 0) is 22.4 Å². The average molecular weight is 538 g/mol. The number of methoxy groups -OCH3 is 2. The molecule has 3 atom stereocenters. The number of ether oxygens (including phenoxy) is 4. The number of rotatable bonds is 5. The van der Waals surface area contributed by atoms with E-state index < -0.39 is 23.8 Å². The Morgan fingerprint density at radius 2 is 1.21 bits per heavy atom. The Balaban J connectivity index is 0.000000167. The van der Waals surface area contributed by atoms with Crippen molar-refractivity contribution in [2.75, 3.05) is 27.4 Å². The van der Waals surface area contributed by atoms with Gasteiger partial charge in [-0.15, -0.1) is 0 Å². The van der Waals surface area contributed by atoms with Crippen molar-refractivity contribution in [1.29, 1.82) is 0 Å². The second kappa shape index (κ2) is 14.1. The summed E-state index contributed by atoms with van der Waals surface area (Å²) < 4.78 is 21.1. The van der Waals surface area contributed by atoms with Gasteiger partial charge in [-0.2, -0.15) is 0 Å². The molecule has 0 saturated carbocycles. The van der Waals surface area contributed by atoms with E-state index in [0.717, 1.165) is 22.6 Å². The largest absolute Gasteiger partial charge is 0.496 e. The van der Waals surface area contributed by atoms with E-state index in [4.69, 9.17) is 34.9 Å². The van der Waals surface area contributed by atoms with Crippen LogP contribution in [0.3, 0.4) is 0 Å². The molecular weight excluding hydrogens is 502 g/mol. The van der Waals surface area contributed by atoms with E-state index in [1.165, 1.54) is 5.56 Å². The van der Waals surface area contributed by atoms with E-state index in [1.54, 1.807) is 14.2 Å². The maximum Gasteiger partial charge on any atom is 0.310 e. The number of hydrogen-bond donors (Lipinski definition) is 3. The maximum atomic E-state index is 10.8. The van der Waals surface area contributed by atoms with Crippen molar-refractivity contribution in [3.05, 3.63) is 83.4 Å². The first-order valence-electron chi connectivity index (χ1n) is 12.6. The van der Waals surface area contributed by atoms with Crippen LogP contribution in [0.15, 0.2) is 66.7 Å². The Kier molecular flexibility index (Phi) is 10.6. The molecule has 9 heteroatoms. The molecule has 0 radical (unpaired) electrons. The fraction of sp³-hybridized carbons (Fsp3) is 0.333. The standard InChI is InChI=1S/2C11H12O4.C8H11N/c2*1-14-9-3-2-4-10-8(9)5-7(6-15-10)11(12)13;1-7(9)8-5-3-2-4-6-8/h2*2-4,7H,5-6H2,1H3,(H,12,13);2-7H,9H2,1H3/t7-;;7-/m1.1/s1. The zero-order chi connectivity index (χ0) is 28.4. The topological polar surface area (TPSA) is 138 Å². The van der Waals surface area contributed by atoms with Crippen molar-refractivity contribution in [2.45, 2.75) is 25.8 Å². The van der Waals surface area contributed by atoms with Crippen LogP contribution in [0.1, 0.15) is 29.7 Å². The Hall–Kier alpha value is -4.24. The molecule has 0 amide bonds. The van der Waals surface area contributed by atoms with Gasteiger partial charge in [-0.3, -0.25) is 9.59 Å². The fourth-order valence-corrected chi connectivity index (χ4v) is 4.21. The van der Waals surface area contributed by atoms with Gasteiger partial charge in [0.15, 0.2) is 0 Å². The van der Waals surface area contributed by atoms with Crippen LogP contribution >= 0.6 is 0 Å². The summed E-state index contributed by atoms with van der Waals surface area (Å²) in [6.45, 7) is 2.44. The van der Waals surface area contributed by atoms with E-state index in [2.05, 4.69) is 0 Å². The van der Waals surface area contributed by atoms with Crippen LogP contribution in [-0.4, -0.2) is 49.6 Å². The third-order valence-corrected chi connectivity index (χ3v) is 6.42. The fourth-order valence-electron chi connectivity index (χ4n) is 4.21. The number of hydrogen-bond acceptors (Lipinski definition) is 7. The lowest BCUT2D eigenvalue weighted by Gasteiger charge is -2.23. The highest BCUT2D eigenvalue weighted by Gasteiger charge is 2.28. The molecule has 0 fully saturated rings. The molecule has 0 aromatic heterocycles. The quantitative estimate of drug-likeness (QED) is 0.433. The minimum atomic E-state index is -0.827. The predicted molar refractivity (Wildman–Crippen MR) is 146 cm³/mol. The van der Waals surface area contributed by atoms with Crippen LogP contribution in [0.5, 0.6) is 23.0 Å². The molecule has 0 spiro atoms. The summed E-state index contributed by atoms with van der Waals surface area (Å²) in [4.78, 5) is 21.7. The Morgan fingerprint density at radius 3 is 1.54 bits per heavy atom. The third kappa shape index (κ3) is 7.87. The van der Waals surface area contributed by atoms with Crippen LogP contribution in [0, 0.1) is 11.8 Å². The molecule has 208 valence electrons. The number of carbonyl (C=O) groups is 2. The summed E-state index contributed by atoms with van der Waals surface area (Å²) in [7, 11) is 3.14. The number of aliphatic carboxylic acids is 2. The van der Waals surface area contributed by atoms with Gasteiger partial charge in [0.1, 0.15) is 36.2 Å². The lowest BCUT2D eigenvalue weighted by molar-refractivity contribution is -0.144. The first kappa shape index (κ1) is 29.3. The highest BCUT2D eigenvalue weighted by atomic mass is 16.5. The molecule has 9 nitrogen and oxygen atoms in total. The van der Waals surface area contributed by atoms with Crippen molar-refractivity contribution >= 4 is 11.9 Å². The monoisotopic (exact) mass is 537 g/mol. The molecule has 0 bridgehead atoms. The van der Waals surface area contributed by atoms with Gasteiger partial charge in [-0.1, -0.05) is 42.5 Å². The van der Waals surface area contributed by atoms with Gasteiger partial charge in [0.25, 0.3) is 0 Å². The molecule has 4 N–H and O–H groups in total. The number of fused-ring (bicyclic) bond motifs is 2. The van der Waals surface area contributed by atoms with E-state index in [1.807, 2.05) is 73.7 Å². The highest BCUT2D eigenvalue weighted by molar-refractivity contribution is 5.72. The van der Waals surface area contributed by atoms with Crippen molar-refractivity contribution in [1.82, 2.24) is 0 Å². The molecular formula is C30H35NO8. The summed E-state index contributed by atoms with van der Waals surface area (Å²) >= 11 is 0. The minimum Gasteiger partial charge on any atom is -0.496 e. The molecule has 0 aliphatic carbocycles. The van der Waals surface area contributed by atoms with Crippen molar-refractivity contribution in [3.63, 3.8) is 0 Å². The molecule has 39 heavy (non-hydrogen) atoms. The van der Waals surface area contributed by atoms with Crippen molar-refractivity contribution in [2.24, 2.45) is 17.6 Å². The van der Waals surface area contributed by atoms with E-state index in [0.29, 0.717) is 24.3 Å². The smallest absolute Gasteiger partial charge is 0.310 e. The summed E-state index contributed by atoms with van der Waals surface area (Å²) in [5.74, 6) is 0.233. The van der Waals surface area contributed by atoms with Crippen LogP contribution < -0.4 is 24.7 Å². The van der Waals surface area contributed by atoms with Gasteiger partial charge >= 0.3 is 11.9 Å². The molecule has 2 heterocycles. The first-order chi connectivity index (χ1) is 18.7. The lowest BCUT2D eigenvalue weighted by atomic mass is 9.96. The normalized spacial score (nSPS) is 17.5. The van der Waals surface area contributed by atoms with Crippen LogP contribution in [0.4, 0.5) is 0 Å². The lowest BCUT2D eigenvalue weighted by Crippen LogP contribution is -2.28. The summed E-state index contributed by atoms with van der Waals surface area (Å²) in [5, 5.41) is 17.8. The molecule has 3 aromatic rings. The van der Waals surface area contributed by atoms with Crippen molar-refractivity contribution < 1.29 is 38.7 Å². The van der Waals surface area contributed by atoms with Crippen molar-refractivity contribution in [3.8, 4) is 23.0 Å². The summed E-state index contributed by atoms with van der Waals surface area (Å²) in [6, 6.07) is 21.2. The zero-order valence-corrected chi connectivity index (χ0v) is 22.3. The van der Waals surface area contributed by atoms with Gasteiger partial charge < -0.3 is 34.9 Å². The first-order valence-corrected chi connectivity index (χ1v) is 12.6. The second-order valence-electron chi connectivity index (χ2n) is 9.17. The molecule has 2 aliphatic rings. The average Bonchev–Trinajstić information content (AvgIpc) is 2.96. The molecule has 1 unspecified atom stereocenters. The highest BCUT2D eigenvalue weighted by Crippen LogP contribution is 2.35. The van der Waals surface area contributed by atoms with Gasteiger partial charge in [-0.25, -0.2) is 0 Å². The summed E-state index contributed by atoms with van der Waals surface area (Å²) in [6.07, 6.45) is 0.934. The third-order valence-electron chi connectivity index (χ3n) is 6.42. The summed E-state index contributed by atoms with van der Waals surface area (Å²) in [5.41, 5.74) is 8.50. The van der Waals surface area contributed by atoms with Gasteiger partial charge in [0.2, 0.25) is 0 Å². The molecule has 5 rings (SSSR count). The van der Waals surface area contributed by atoms with Crippen LogP contribution in [0.25, 0.3) is 0 Å². The number of benzene rings is 3. The van der Waals surface area contributed by atoms with Gasteiger partial charge in [0, 0.05) is 17.2 Å². The number of carboxylic acids is 2. The van der Waals surface area contributed by atoms with E-state index in [9.17, 15) is 9.59 Å². The second-order valence-corrected chi connectivity index (χ2v) is 9.17. The predicted octanol–water partition coefficient (Wildman–Crippen LogP) is 4.37. The molecule has 3 aromatic carbocycles. The zero-order valence-electron chi connectivity index (χ0n) is 22.3. The van der Waals surface area contributed by atoms with E-state index in [-0.39, 0.29) is 19.3 Å². The van der Waals surface area contributed by atoms with E-state index >= 15 is 0 Å². The number of carboxylic acid groups (broad SMARTS) is 2. The van der Waals surface area contributed by atoms with Gasteiger partial charge in [0.05, 0.1) is 26.1 Å². The SMILES string of the molecule is COc1cccc2c1CC(C(=O)O)CO2.COc1cccc2c1C[C@@H](C(=O)O)CO2.C[C@@H](N)c1ccccc1. The molecule has 2 aliphatic heterocycles. The minimum absolute atomic E-state index is 0.159. The Bertz CT molecular complexity index is 1140. The van der Waals surface area contributed by atoms with Crippen LogP contribution in [0.2, 0.25) is 0 Å². The Labute approximate surface area is 228 Å². The number of nitrogens with two attached hydrogens (primary N) is 1. The Morgan fingerprint density at radius 1 is 0.769 bits per heavy atom. The molecule has 0 saturated heterocycles. The maximum absolute atomic E-state index is 10.8. The van der Waals surface area contributed by atoms with Gasteiger partial charge in [-0.05, 0) is 49.6 Å².